The van der Waals surface area contributed by atoms with Gasteiger partial charge in [0.15, 0.2) is 0 Å². The molecule has 2 aromatic carbocycles. The molecule has 0 unspecified atom stereocenters. The van der Waals surface area contributed by atoms with E-state index >= 15 is 0 Å². The van der Waals surface area contributed by atoms with Crippen molar-refractivity contribution in [2.45, 2.75) is 13.5 Å². The van der Waals surface area contributed by atoms with Crippen LogP contribution in [0.15, 0.2) is 54.7 Å². The SMILES string of the molecule is Cc1c(C(=O)N(CCN(C)C)Cc2ccc(F)cc2)cnn1-c1ccccc1F. The summed E-state index contributed by atoms with van der Waals surface area (Å²) in [5.41, 5.74) is 2.10. The van der Waals surface area contributed by atoms with Gasteiger partial charge in [0.05, 0.1) is 17.5 Å². The van der Waals surface area contributed by atoms with Crippen molar-refractivity contribution in [2.75, 3.05) is 27.2 Å². The summed E-state index contributed by atoms with van der Waals surface area (Å²) < 4.78 is 28.8. The van der Waals surface area contributed by atoms with Crippen molar-refractivity contribution < 1.29 is 13.6 Å². The first-order valence-electron chi connectivity index (χ1n) is 9.35. The summed E-state index contributed by atoms with van der Waals surface area (Å²) in [5, 5.41) is 4.23. The Kier molecular flexibility index (Phi) is 6.39. The Morgan fingerprint density at radius 2 is 1.72 bits per heavy atom. The second-order valence-electron chi connectivity index (χ2n) is 7.16. The summed E-state index contributed by atoms with van der Waals surface area (Å²) in [4.78, 5) is 16.9. The van der Waals surface area contributed by atoms with Crippen molar-refractivity contribution in [2.24, 2.45) is 0 Å². The predicted octanol–water partition coefficient (Wildman–Crippen LogP) is 3.66. The van der Waals surface area contributed by atoms with Crippen LogP contribution in [0.1, 0.15) is 21.6 Å². The van der Waals surface area contributed by atoms with Gasteiger partial charge in [-0.15, -0.1) is 0 Å². The molecule has 0 spiro atoms. The van der Waals surface area contributed by atoms with Gasteiger partial charge in [0.25, 0.3) is 5.91 Å². The van der Waals surface area contributed by atoms with Crippen LogP contribution in [0, 0.1) is 18.6 Å². The molecule has 1 amide bonds. The Hall–Kier alpha value is -3.06. The average Bonchev–Trinajstić information content (AvgIpc) is 3.07. The summed E-state index contributed by atoms with van der Waals surface area (Å²) in [6.45, 7) is 3.26. The first-order chi connectivity index (χ1) is 13.9. The summed E-state index contributed by atoms with van der Waals surface area (Å²) >= 11 is 0. The Balaban J connectivity index is 1.89. The fourth-order valence-corrected chi connectivity index (χ4v) is 3.04. The maximum Gasteiger partial charge on any atom is 0.257 e. The molecule has 152 valence electrons. The molecule has 0 aliphatic rings. The Bertz CT molecular complexity index is 983. The predicted molar refractivity (Wildman–Crippen MR) is 108 cm³/mol. The summed E-state index contributed by atoms with van der Waals surface area (Å²) in [5.74, 6) is -0.924. The average molecular weight is 398 g/mol. The quantitative estimate of drug-likeness (QED) is 0.610. The highest BCUT2D eigenvalue weighted by atomic mass is 19.1. The molecule has 29 heavy (non-hydrogen) atoms. The van der Waals surface area contributed by atoms with Crippen LogP contribution in [-0.2, 0) is 6.54 Å². The third-order valence-corrected chi connectivity index (χ3v) is 4.71. The zero-order valence-electron chi connectivity index (χ0n) is 16.8. The van der Waals surface area contributed by atoms with Gasteiger partial charge in [-0.25, -0.2) is 13.5 Å². The van der Waals surface area contributed by atoms with Gasteiger partial charge in [-0.05, 0) is 50.8 Å². The second kappa shape index (κ2) is 8.96. The standard InChI is InChI=1S/C22H24F2N4O/c1-16-19(14-25-28(16)21-7-5-4-6-20(21)24)22(29)27(13-12-26(2)3)15-17-8-10-18(23)11-9-17/h4-11,14H,12-13,15H2,1-3H3. The van der Waals surface area contributed by atoms with E-state index in [1.165, 1.54) is 29.1 Å². The van der Waals surface area contributed by atoms with Gasteiger partial charge in [-0.2, -0.15) is 5.10 Å². The van der Waals surface area contributed by atoms with Crippen molar-refractivity contribution >= 4 is 5.91 Å². The number of para-hydroxylation sites is 1. The first-order valence-corrected chi connectivity index (χ1v) is 9.35. The molecule has 0 saturated carbocycles. The molecule has 1 heterocycles. The lowest BCUT2D eigenvalue weighted by Crippen LogP contribution is -2.36. The van der Waals surface area contributed by atoms with Crippen LogP contribution in [0.25, 0.3) is 5.69 Å². The van der Waals surface area contributed by atoms with Crippen LogP contribution < -0.4 is 0 Å². The molecule has 0 fully saturated rings. The van der Waals surface area contributed by atoms with E-state index in [1.807, 2.05) is 19.0 Å². The summed E-state index contributed by atoms with van der Waals surface area (Å²) in [6.07, 6.45) is 1.47. The number of rotatable bonds is 7. The minimum atomic E-state index is -0.409. The van der Waals surface area contributed by atoms with Crippen LogP contribution in [0.2, 0.25) is 0 Å². The van der Waals surface area contributed by atoms with E-state index < -0.39 is 5.82 Å². The number of nitrogens with zero attached hydrogens (tertiary/aromatic N) is 4. The highest BCUT2D eigenvalue weighted by Crippen LogP contribution is 2.19. The van der Waals surface area contributed by atoms with Crippen molar-refractivity contribution in [1.82, 2.24) is 19.6 Å². The van der Waals surface area contributed by atoms with Gasteiger partial charge in [-0.3, -0.25) is 4.79 Å². The minimum absolute atomic E-state index is 0.198. The second-order valence-corrected chi connectivity index (χ2v) is 7.16. The number of hydrogen-bond donors (Lipinski definition) is 0. The van der Waals surface area contributed by atoms with Crippen LogP contribution >= 0.6 is 0 Å². The van der Waals surface area contributed by atoms with Gasteiger partial charge in [0.2, 0.25) is 0 Å². The van der Waals surface area contributed by atoms with Crippen molar-refractivity contribution in [1.29, 1.82) is 0 Å². The molecule has 7 heteroatoms. The minimum Gasteiger partial charge on any atom is -0.333 e. The maximum absolute atomic E-state index is 14.2. The number of carbonyl (C=O) groups excluding carboxylic acids is 1. The lowest BCUT2D eigenvalue weighted by Gasteiger charge is -2.24. The van der Waals surface area contributed by atoms with Crippen LogP contribution in [0.4, 0.5) is 8.78 Å². The topological polar surface area (TPSA) is 41.4 Å². The number of amides is 1. The lowest BCUT2D eigenvalue weighted by atomic mass is 10.1. The van der Waals surface area contributed by atoms with Crippen LogP contribution in [0.5, 0.6) is 0 Å². The van der Waals surface area contributed by atoms with Gasteiger partial charge in [-0.1, -0.05) is 24.3 Å². The molecule has 0 aliphatic carbocycles. The molecule has 0 bridgehead atoms. The van der Waals surface area contributed by atoms with E-state index in [0.717, 1.165) is 5.56 Å². The van der Waals surface area contributed by atoms with Crippen LogP contribution in [-0.4, -0.2) is 52.7 Å². The van der Waals surface area contributed by atoms with E-state index in [2.05, 4.69) is 5.10 Å². The molecular weight excluding hydrogens is 374 g/mol. The van der Waals surface area contributed by atoms with E-state index in [-0.39, 0.29) is 11.7 Å². The number of likely N-dealkylation sites (N-methyl/N-ethyl adjacent to an activating group) is 1. The van der Waals surface area contributed by atoms with Crippen LogP contribution in [0.3, 0.4) is 0 Å². The van der Waals surface area contributed by atoms with E-state index in [4.69, 9.17) is 0 Å². The largest absolute Gasteiger partial charge is 0.333 e. The van der Waals surface area contributed by atoms with E-state index in [9.17, 15) is 13.6 Å². The van der Waals surface area contributed by atoms with E-state index in [1.54, 1.807) is 42.2 Å². The molecule has 0 radical (unpaired) electrons. The van der Waals surface area contributed by atoms with Gasteiger partial charge >= 0.3 is 0 Å². The number of carbonyl (C=O) groups is 1. The number of hydrogen-bond acceptors (Lipinski definition) is 3. The van der Waals surface area contributed by atoms with Gasteiger partial charge in [0.1, 0.15) is 17.3 Å². The smallest absolute Gasteiger partial charge is 0.257 e. The number of halogens is 2. The monoisotopic (exact) mass is 398 g/mol. The van der Waals surface area contributed by atoms with Crippen molar-refractivity contribution in [3.63, 3.8) is 0 Å². The lowest BCUT2D eigenvalue weighted by molar-refractivity contribution is 0.0731. The molecule has 0 atom stereocenters. The van der Waals surface area contributed by atoms with Crippen molar-refractivity contribution in [3.8, 4) is 5.69 Å². The highest BCUT2D eigenvalue weighted by molar-refractivity contribution is 5.95. The van der Waals surface area contributed by atoms with Gasteiger partial charge in [0, 0.05) is 19.6 Å². The Morgan fingerprint density at radius 3 is 2.38 bits per heavy atom. The summed E-state index contributed by atoms with van der Waals surface area (Å²) in [6, 6.07) is 12.4. The number of benzene rings is 2. The normalized spacial score (nSPS) is 11.1. The fourth-order valence-electron chi connectivity index (χ4n) is 3.04. The molecule has 0 saturated heterocycles. The molecule has 3 aromatic rings. The first kappa shape index (κ1) is 20.7. The zero-order valence-corrected chi connectivity index (χ0v) is 16.8. The molecule has 0 N–H and O–H groups in total. The number of aromatic nitrogens is 2. The van der Waals surface area contributed by atoms with Crippen molar-refractivity contribution in [3.05, 3.63) is 83.2 Å². The van der Waals surface area contributed by atoms with E-state index in [0.29, 0.717) is 36.6 Å². The maximum atomic E-state index is 14.2. The highest BCUT2D eigenvalue weighted by Gasteiger charge is 2.22. The Labute approximate surface area is 169 Å². The molecular formula is C22H24F2N4O. The summed E-state index contributed by atoms with van der Waals surface area (Å²) in [7, 11) is 3.87. The third kappa shape index (κ3) is 4.86. The molecule has 5 nitrogen and oxygen atoms in total. The molecule has 0 aliphatic heterocycles. The Morgan fingerprint density at radius 1 is 1.03 bits per heavy atom. The van der Waals surface area contributed by atoms with Gasteiger partial charge < -0.3 is 9.80 Å². The fraction of sp³-hybridized carbons (Fsp3) is 0.273. The zero-order chi connectivity index (χ0) is 21.0. The molecule has 3 rings (SSSR count). The third-order valence-electron chi connectivity index (χ3n) is 4.71. The molecule has 1 aromatic heterocycles.